The van der Waals surface area contributed by atoms with Crippen LogP contribution >= 0.6 is 0 Å². The van der Waals surface area contributed by atoms with E-state index in [1.165, 1.54) is 4.57 Å². The highest BCUT2D eigenvalue weighted by molar-refractivity contribution is 5.80. The van der Waals surface area contributed by atoms with Crippen molar-refractivity contribution < 1.29 is 4.79 Å². The van der Waals surface area contributed by atoms with Crippen molar-refractivity contribution in [2.45, 2.75) is 13.5 Å². The van der Waals surface area contributed by atoms with Gasteiger partial charge in [0.2, 0.25) is 5.91 Å². The van der Waals surface area contributed by atoms with Crippen molar-refractivity contribution >= 4 is 17.1 Å². The van der Waals surface area contributed by atoms with Crippen LogP contribution in [0.5, 0.6) is 0 Å². The van der Waals surface area contributed by atoms with Crippen LogP contribution in [0.3, 0.4) is 0 Å². The normalized spacial score (nSPS) is 15.5. The molecule has 0 unspecified atom stereocenters. The summed E-state index contributed by atoms with van der Waals surface area (Å²) in [4.78, 5) is 34.8. The number of imidazole rings is 1. The molecule has 8 nitrogen and oxygen atoms in total. The van der Waals surface area contributed by atoms with E-state index in [2.05, 4.69) is 27.0 Å². The molecule has 0 spiro atoms. The average Bonchev–Trinajstić information content (AvgIpc) is 3.06. The van der Waals surface area contributed by atoms with Crippen LogP contribution in [-0.2, 0) is 11.3 Å². The highest BCUT2D eigenvalue weighted by Gasteiger charge is 2.18. The predicted molar refractivity (Wildman–Crippen MR) is 117 cm³/mol. The first kappa shape index (κ1) is 20.3. The molecule has 0 radical (unpaired) electrons. The van der Waals surface area contributed by atoms with Gasteiger partial charge < -0.3 is 10.2 Å². The second-order valence-corrected chi connectivity index (χ2v) is 7.51. The summed E-state index contributed by atoms with van der Waals surface area (Å²) in [7, 11) is 0. The Bertz CT molecular complexity index is 1050. The molecule has 1 aliphatic rings. The Morgan fingerprint density at radius 3 is 2.50 bits per heavy atom. The third kappa shape index (κ3) is 4.29. The Balaban J connectivity index is 1.43. The number of rotatable bonds is 7. The van der Waals surface area contributed by atoms with E-state index in [-0.39, 0.29) is 18.1 Å². The van der Waals surface area contributed by atoms with Crippen molar-refractivity contribution in [1.82, 2.24) is 29.2 Å². The van der Waals surface area contributed by atoms with Gasteiger partial charge in [-0.25, -0.2) is 14.3 Å². The third-order valence-corrected chi connectivity index (χ3v) is 5.67. The molecule has 0 atom stereocenters. The van der Waals surface area contributed by atoms with Crippen LogP contribution in [0.25, 0.3) is 16.9 Å². The first-order chi connectivity index (χ1) is 14.7. The Labute approximate surface area is 175 Å². The quantitative estimate of drug-likeness (QED) is 0.630. The molecule has 4 rings (SSSR count). The van der Waals surface area contributed by atoms with E-state index < -0.39 is 0 Å². The van der Waals surface area contributed by atoms with E-state index in [4.69, 9.17) is 0 Å². The van der Waals surface area contributed by atoms with Crippen LogP contribution in [0.4, 0.5) is 0 Å². The minimum absolute atomic E-state index is 0.0233. The summed E-state index contributed by atoms with van der Waals surface area (Å²) in [5, 5.41) is 2.96. The van der Waals surface area contributed by atoms with Crippen LogP contribution < -0.4 is 11.0 Å². The highest BCUT2D eigenvalue weighted by atomic mass is 16.2. The van der Waals surface area contributed by atoms with E-state index in [9.17, 15) is 9.59 Å². The Kier molecular flexibility index (Phi) is 6.25. The average molecular weight is 409 g/mol. The van der Waals surface area contributed by atoms with E-state index in [1.54, 1.807) is 16.8 Å². The number of fused-ring (bicyclic) bond motifs is 1. The Morgan fingerprint density at radius 2 is 1.77 bits per heavy atom. The lowest BCUT2D eigenvalue weighted by Crippen LogP contribution is -2.48. The predicted octanol–water partition coefficient (Wildman–Crippen LogP) is 0.941. The second-order valence-electron chi connectivity index (χ2n) is 7.51. The maximum Gasteiger partial charge on any atom is 0.335 e. The van der Waals surface area contributed by atoms with E-state index in [0.29, 0.717) is 17.7 Å². The molecule has 1 aromatic carbocycles. The number of hydrogen-bond donors (Lipinski definition) is 1. The van der Waals surface area contributed by atoms with Gasteiger partial charge in [0.1, 0.15) is 6.54 Å². The number of carbonyl (C=O) groups is 1. The molecule has 1 aliphatic heterocycles. The summed E-state index contributed by atoms with van der Waals surface area (Å²) >= 11 is 0. The number of para-hydroxylation sites is 1. The lowest BCUT2D eigenvalue weighted by atomic mass is 10.3. The van der Waals surface area contributed by atoms with Crippen LogP contribution in [-0.4, -0.2) is 75.6 Å². The number of piperazine rings is 1. The number of aromatic nitrogens is 3. The number of nitrogens with zero attached hydrogens (tertiary/aromatic N) is 5. The van der Waals surface area contributed by atoms with Crippen LogP contribution in [0.15, 0.2) is 53.5 Å². The number of pyridine rings is 1. The summed E-state index contributed by atoms with van der Waals surface area (Å²) in [5.41, 5.74) is 1.67. The summed E-state index contributed by atoms with van der Waals surface area (Å²) in [6.07, 6.45) is 1.66. The van der Waals surface area contributed by atoms with Gasteiger partial charge in [-0.05, 0) is 30.8 Å². The number of benzene rings is 1. The molecule has 1 amide bonds. The minimum atomic E-state index is -0.263. The molecule has 0 saturated carbocycles. The molecule has 158 valence electrons. The van der Waals surface area contributed by atoms with Gasteiger partial charge in [0.15, 0.2) is 5.65 Å². The molecule has 1 fully saturated rings. The SMILES string of the molecule is CCN1CCN(CCNC(=O)Cn2c(=O)n(-c3ccccc3)c3ncccc32)CC1. The zero-order valence-corrected chi connectivity index (χ0v) is 17.3. The topological polar surface area (TPSA) is 75.4 Å². The molecule has 2 aromatic heterocycles. The van der Waals surface area contributed by atoms with Crippen molar-refractivity contribution in [3.05, 3.63) is 59.1 Å². The molecule has 0 bridgehead atoms. The van der Waals surface area contributed by atoms with E-state index in [0.717, 1.165) is 45.0 Å². The lowest BCUT2D eigenvalue weighted by molar-refractivity contribution is -0.121. The summed E-state index contributed by atoms with van der Waals surface area (Å²) in [5.74, 6) is -0.166. The minimum Gasteiger partial charge on any atom is -0.353 e. The van der Waals surface area contributed by atoms with Gasteiger partial charge in [-0.2, -0.15) is 0 Å². The lowest BCUT2D eigenvalue weighted by Gasteiger charge is -2.33. The van der Waals surface area contributed by atoms with Gasteiger partial charge >= 0.3 is 5.69 Å². The fourth-order valence-corrected chi connectivity index (χ4v) is 3.93. The fraction of sp³-hybridized carbons (Fsp3) is 0.409. The molecule has 3 aromatic rings. The van der Waals surface area contributed by atoms with Crippen molar-refractivity contribution in [3.63, 3.8) is 0 Å². The van der Waals surface area contributed by atoms with Gasteiger partial charge in [0.05, 0.1) is 11.2 Å². The largest absolute Gasteiger partial charge is 0.353 e. The molecule has 1 saturated heterocycles. The summed E-state index contributed by atoms with van der Waals surface area (Å²) in [6.45, 7) is 8.86. The maximum atomic E-state index is 13.1. The van der Waals surface area contributed by atoms with Crippen LogP contribution in [0.2, 0.25) is 0 Å². The monoisotopic (exact) mass is 408 g/mol. The van der Waals surface area contributed by atoms with Crippen LogP contribution in [0, 0.1) is 0 Å². The molecule has 1 N–H and O–H groups in total. The number of amides is 1. The standard InChI is InChI=1S/C22H28N6O2/c1-2-25-13-15-26(16-14-25)12-11-23-20(29)17-27-19-9-6-10-24-21(19)28(22(27)30)18-7-4-3-5-8-18/h3-10H,2,11-17H2,1H3,(H,23,29). The Hall–Kier alpha value is -2.97. The van der Waals surface area contributed by atoms with Crippen molar-refractivity contribution in [2.75, 3.05) is 45.8 Å². The van der Waals surface area contributed by atoms with Crippen molar-refractivity contribution in [2.24, 2.45) is 0 Å². The number of carbonyl (C=O) groups excluding carboxylic acids is 1. The zero-order chi connectivity index (χ0) is 20.9. The number of likely N-dealkylation sites (N-methyl/N-ethyl adjacent to an activating group) is 1. The third-order valence-electron chi connectivity index (χ3n) is 5.67. The molecule has 30 heavy (non-hydrogen) atoms. The van der Waals surface area contributed by atoms with E-state index >= 15 is 0 Å². The smallest absolute Gasteiger partial charge is 0.335 e. The molecule has 0 aliphatic carbocycles. The summed E-state index contributed by atoms with van der Waals surface area (Å²) < 4.78 is 3.04. The first-order valence-electron chi connectivity index (χ1n) is 10.5. The molecular formula is C22H28N6O2. The van der Waals surface area contributed by atoms with Gasteiger partial charge in [0.25, 0.3) is 0 Å². The molecule has 8 heteroatoms. The van der Waals surface area contributed by atoms with Gasteiger partial charge in [0, 0.05) is 45.5 Å². The highest BCUT2D eigenvalue weighted by Crippen LogP contribution is 2.15. The summed E-state index contributed by atoms with van der Waals surface area (Å²) in [6, 6.07) is 13.0. The fourth-order valence-electron chi connectivity index (χ4n) is 3.93. The molecular weight excluding hydrogens is 380 g/mol. The number of hydrogen-bond acceptors (Lipinski definition) is 5. The number of nitrogens with one attached hydrogen (secondary N) is 1. The second kappa shape index (κ2) is 9.23. The van der Waals surface area contributed by atoms with Gasteiger partial charge in [-0.3, -0.25) is 14.3 Å². The van der Waals surface area contributed by atoms with Gasteiger partial charge in [-0.15, -0.1) is 0 Å². The zero-order valence-electron chi connectivity index (χ0n) is 17.3. The first-order valence-corrected chi connectivity index (χ1v) is 10.5. The Morgan fingerprint density at radius 1 is 1.03 bits per heavy atom. The molecule has 3 heterocycles. The van der Waals surface area contributed by atoms with Crippen molar-refractivity contribution in [1.29, 1.82) is 0 Å². The van der Waals surface area contributed by atoms with Crippen LogP contribution in [0.1, 0.15) is 6.92 Å². The van der Waals surface area contributed by atoms with Gasteiger partial charge in [-0.1, -0.05) is 25.1 Å². The van der Waals surface area contributed by atoms with Crippen molar-refractivity contribution in [3.8, 4) is 5.69 Å². The van der Waals surface area contributed by atoms with E-state index in [1.807, 2.05) is 36.4 Å². The maximum absolute atomic E-state index is 13.1.